The molecule has 0 spiro atoms. The molecule has 9 heteroatoms. The zero-order valence-electron chi connectivity index (χ0n) is 22.0. The predicted octanol–water partition coefficient (Wildman–Crippen LogP) is 5.68. The van der Waals surface area contributed by atoms with Gasteiger partial charge in [0.15, 0.2) is 11.5 Å². The van der Waals surface area contributed by atoms with Crippen LogP contribution in [0.2, 0.25) is 0 Å². The van der Waals surface area contributed by atoms with E-state index in [1.165, 1.54) is 23.3 Å². The molecule has 39 heavy (non-hydrogen) atoms. The van der Waals surface area contributed by atoms with E-state index in [0.717, 1.165) is 16.7 Å². The van der Waals surface area contributed by atoms with Crippen molar-refractivity contribution in [1.82, 2.24) is 10.2 Å². The van der Waals surface area contributed by atoms with Crippen LogP contribution in [0.1, 0.15) is 38.9 Å². The molecule has 198 valence electrons. The molecule has 1 aliphatic heterocycles. The molecule has 8 nitrogen and oxygen atoms in total. The number of amides is 1. The van der Waals surface area contributed by atoms with Crippen LogP contribution in [0.25, 0.3) is 5.76 Å². The Kier molecular flexibility index (Phi) is 7.17. The molecular weight excluding hydrogens is 514 g/mol. The molecular formula is C30H27N3O5S. The van der Waals surface area contributed by atoms with Gasteiger partial charge in [0.25, 0.3) is 5.78 Å². The number of aryl methyl sites for hydroxylation is 3. The van der Waals surface area contributed by atoms with E-state index in [1.54, 1.807) is 31.2 Å². The number of carbonyl (C=O) groups is 2. The highest BCUT2D eigenvalue weighted by Gasteiger charge is 2.48. The second-order valence-electron chi connectivity index (χ2n) is 9.28. The first-order valence-corrected chi connectivity index (χ1v) is 13.1. The van der Waals surface area contributed by atoms with Crippen LogP contribution in [0, 0.1) is 20.8 Å². The smallest absolute Gasteiger partial charge is 0.301 e. The van der Waals surface area contributed by atoms with E-state index in [0.29, 0.717) is 34.2 Å². The van der Waals surface area contributed by atoms with Crippen LogP contribution in [0.4, 0.5) is 5.13 Å². The Labute approximate surface area is 230 Å². The number of aliphatic hydroxyl groups is 1. The van der Waals surface area contributed by atoms with Crippen LogP contribution in [0.3, 0.4) is 0 Å². The number of rotatable bonds is 7. The summed E-state index contributed by atoms with van der Waals surface area (Å²) in [7, 11) is 1.52. The number of methoxy groups -OCH3 is 1. The summed E-state index contributed by atoms with van der Waals surface area (Å²) in [6, 6.07) is 19.6. The van der Waals surface area contributed by atoms with Gasteiger partial charge in [0.2, 0.25) is 5.13 Å². The van der Waals surface area contributed by atoms with Gasteiger partial charge in [0.05, 0.1) is 18.7 Å². The molecule has 4 aromatic rings. The fourth-order valence-electron chi connectivity index (χ4n) is 4.57. The number of ketones is 1. The lowest BCUT2D eigenvalue weighted by molar-refractivity contribution is -0.132. The van der Waals surface area contributed by atoms with Crippen LogP contribution in [0.15, 0.2) is 72.3 Å². The van der Waals surface area contributed by atoms with E-state index in [1.807, 2.05) is 56.3 Å². The number of nitrogens with zero attached hydrogens (tertiary/aromatic N) is 3. The van der Waals surface area contributed by atoms with Crippen molar-refractivity contribution in [3.8, 4) is 11.5 Å². The van der Waals surface area contributed by atoms with E-state index in [4.69, 9.17) is 9.47 Å². The maximum atomic E-state index is 13.5. The molecule has 3 aromatic carbocycles. The Bertz CT molecular complexity index is 1600. The number of anilines is 1. The Balaban J connectivity index is 1.63. The summed E-state index contributed by atoms with van der Waals surface area (Å²) in [5, 5.41) is 20.6. The Morgan fingerprint density at radius 3 is 2.44 bits per heavy atom. The van der Waals surface area contributed by atoms with Gasteiger partial charge >= 0.3 is 5.91 Å². The summed E-state index contributed by atoms with van der Waals surface area (Å²) in [4.78, 5) is 28.1. The summed E-state index contributed by atoms with van der Waals surface area (Å²) in [6.45, 7) is 5.85. The SMILES string of the molecule is COc1cc(C2/C(=C(\O)c3cc(C)ccc3C)C(=O)C(=O)N2c2nnc(C)s2)ccc1OCc1ccccc1. The highest BCUT2D eigenvalue weighted by atomic mass is 32.1. The van der Waals surface area contributed by atoms with Crippen molar-refractivity contribution in [3.63, 3.8) is 0 Å². The number of hydrogen-bond acceptors (Lipinski definition) is 8. The van der Waals surface area contributed by atoms with E-state index in [9.17, 15) is 14.7 Å². The third-order valence-electron chi connectivity index (χ3n) is 6.55. The molecule has 0 bridgehead atoms. The topological polar surface area (TPSA) is 102 Å². The Morgan fingerprint density at radius 1 is 0.974 bits per heavy atom. The molecule has 0 aliphatic carbocycles. The number of ether oxygens (including phenoxy) is 2. The molecule has 0 saturated carbocycles. The standard InChI is InChI=1S/C30H27N3O5S/c1-17-10-11-18(2)22(14-17)27(34)25-26(33(29(36)28(25)35)30-32-31-19(3)39-30)21-12-13-23(24(15-21)37-4)38-16-20-8-6-5-7-9-20/h5-15,26,34H,16H2,1-4H3/b27-25+. The van der Waals surface area contributed by atoms with Gasteiger partial charge in [-0.15, -0.1) is 10.2 Å². The lowest BCUT2D eigenvalue weighted by Crippen LogP contribution is -2.29. The maximum absolute atomic E-state index is 13.5. The number of benzene rings is 3. The fourth-order valence-corrected chi connectivity index (χ4v) is 5.29. The molecule has 0 radical (unpaired) electrons. The maximum Gasteiger partial charge on any atom is 0.301 e. The first kappa shape index (κ1) is 26.1. The van der Waals surface area contributed by atoms with E-state index in [-0.39, 0.29) is 16.5 Å². The number of carbonyl (C=O) groups excluding carboxylic acids is 2. The van der Waals surface area contributed by atoms with Crippen molar-refractivity contribution >= 4 is 33.9 Å². The largest absolute Gasteiger partial charge is 0.507 e. The highest BCUT2D eigenvalue weighted by molar-refractivity contribution is 7.15. The van der Waals surface area contributed by atoms with Gasteiger partial charge in [-0.05, 0) is 55.7 Å². The zero-order chi connectivity index (χ0) is 27.7. The predicted molar refractivity (Wildman–Crippen MR) is 149 cm³/mol. The quantitative estimate of drug-likeness (QED) is 0.183. The van der Waals surface area contributed by atoms with Crippen molar-refractivity contribution in [2.75, 3.05) is 12.0 Å². The number of hydrogen-bond donors (Lipinski definition) is 1. The van der Waals surface area contributed by atoms with Crippen LogP contribution in [-0.2, 0) is 16.2 Å². The number of Topliss-reactive ketones (excluding diaryl/α,β-unsaturated/α-hetero) is 1. The minimum atomic E-state index is -0.950. The normalized spacial score (nSPS) is 16.5. The minimum Gasteiger partial charge on any atom is -0.507 e. The molecule has 1 aliphatic rings. The lowest BCUT2D eigenvalue weighted by atomic mass is 9.93. The molecule has 2 heterocycles. The van der Waals surface area contributed by atoms with Crippen LogP contribution >= 0.6 is 11.3 Å². The van der Waals surface area contributed by atoms with Gasteiger partial charge in [-0.25, -0.2) is 0 Å². The highest BCUT2D eigenvalue weighted by Crippen LogP contribution is 2.45. The summed E-state index contributed by atoms with van der Waals surface area (Å²) in [6.07, 6.45) is 0. The molecule has 1 unspecified atom stereocenters. The molecule has 1 saturated heterocycles. The van der Waals surface area contributed by atoms with Crippen LogP contribution in [-0.4, -0.2) is 34.1 Å². The van der Waals surface area contributed by atoms with E-state index in [2.05, 4.69) is 10.2 Å². The average molecular weight is 542 g/mol. The molecule has 1 fully saturated rings. The molecule has 1 amide bonds. The second kappa shape index (κ2) is 10.7. The van der Waals surface area contributed by atoms with Crippen molar-refractivity contribution < 1.29 is 24.2 Å². The lowest BCUT2D eigenvalue weighted by Gasteiger charge is -2.23. The molecule has 1 atom stereocenters. The monoisotopic (exact) mass is 541 g/mol. The van der Waals surface area contributed by atoms with Gasteiger partial charge in [-0.2, -0.15) is 0 Å². The van der Waals surface area contributed by atoms with Crippen molar-refractivity contribution in [3.05, 3.63) is 105 Å². The van der Waals surface area contributed by atoms with Crippen LogP contribution in [0.5, 0.6) is 11.5 Å². The summed E-state index contributed by atoms with van der Waals surface area (Å²) in [5.74, 6) is -0.898. The third-order valence-corrected chi connectivity index (χ3v) is 7.39. The molecule has 5 rings (SSSR count). The zero-order valence-corrected chi connectivity index (χ0v) is 22.8. The van der Waals surface area contributed by atoms with Crippen molar-refractivity contribution in [1.29, 1.82) is 0 Å². The fraction of sp³-hybridized carbons (Fsp3) is 0.200. The number of aliphatic hydroxyl groups excluding tert-OH is 1. The first-order chi connectivity index (χ1) is 18.8. The average Bonchev–Trinajstić information content (AvgIpc) is 3.48. The molecule has 1 aromatic heterocycles. The third kappa shape index (κ3) is 5.00. The van der Waals surface area contributed by atoms with Crippen LogP contribution < -0.4 is 14.4 Å². The number of aromatic nitrogens is 2. The van der Waals surface area contributed by atoms with Gasteiger partial charge in [0.1, 0.15) is 17.4 Å². The summed E-state index contributed by atoms with van der Waals surface area (Å²) < 4.78 is 11.6. The Morgan fingerprint density at radius 2 is 1.74 bits per heavy atom. The first-order valence-electron chi connectivity index (χ1n) is 12.3. The second-order valence-corrected chi connectivity index (χ2v) is 10.4. The van der Waals surface area contributed by atoms with Gasteiger partial charge in [0, 0.05) is 5.56 Å². The van der Waals surface area contributed by atoms with Crippen molar-refractivity contribution in [2.24, 2.45) is 0 Å². The molecule has 1 N–H and O–H groups in total. The minimum absolute atomic E-state index is 0.0263. The van der Waals surface area contributed by atoms with Crippen molar-refractivity contribution in [2.45, 2.75) is 33.4 Å². The van der Waals surface area contributed by atoms with E-state index >= 15 is 0 Å². The summed E-state index contributed by atoms with van der Waals surface area (Å²) >= 11 is 1.19. The van der Waals surface area contributed by atoms with Gasteiger partial charge in [-0.3, -0.25) is 14.5 Å². The van der Waals surface area contributed by atoms with E-state index < -0.39 is 17.7 Å². The van der Waals surface area contributed by atoms with Gasteiger partial charge in [-0.1, -0.05) is 65.4 Å². The Hall–Kier alpha value is -4.50. The summed E-state index contributed by atoms with van der Waals surface area (Å²) in [5.41, 5.74) is 3.70. The van der Waals surface area contributed by atoms with Gasteiger partial charge < -0.3 is 14.6 Å².